The largest absolute Gasteiger partial charge is 0.481 e. The molecule has 1 rings (SSSR count). The number of rotatable bonds is 7. The number of aliphatic carboxylic acids is 1. The zero-order valence-electron chi connectivity index (χ0n) is 10.3. The summed E-state index contributed by atoms with van der Waals surface area (Å²) in [5.74, 6) is -1.09. The maximum atomic E-state index is 11.9. The molecule has 1 unspecified atom stereocenters. The highest BCUT2D eigenvalue weighted by molar-refractivity contribution is 7.91. The number of hydrogen-bond donors (Lipinski definition) is 2. The van der Waals surface area contributed by atoms with Crippen molar-refractivity contribution in [2.75, 3.05) is 6.54 Å². The lowest BCUT2D eigenvalue weighted by Crippen LogP contribution is -2.29. The number of nitrogens with one attached hydrogen (secondary N) is 1. The Labute approximate surface area is 111 Å². The van der Waals surface area contributed by atoms with Crippen LogP contribution >= 0.6 is 11.3 Å². The van der Waals surface area contributed by atoms with Gasteiger partial charge < -0.3 is 5.11 Å². The molecule has 1 aromatic heterocycles. The quantitative estimate of drug-likeness (QED) is 0.803. The normalized spacial score (nSPS) is 13.4. The number of sulfonamides is 1. The number of thiophene rings is 1. The molecular weight excluding hydrogens is 274 g/mol. The first kappa shape index (κ1) is 15.1. The molecule has 0 bridgehead atoms. The zero-order chi connectivity index (χ0) is 13.8. The summed E-state index contributed by atoms with van der Waals surface area (Å²) < 4.78 is 26.5. The third kappa shape index (κ3) is 4.40. The molecule has 0 spiro atoms. The summed E-state index contributed by atoms with van der Waals surface area (Å²) in [5, 5.41) is 8.69. The number of carboxylic acids is 1. The molecule has 1 atom stereocenters. The Hall–Kier alpha value is -0.920. The third-order valence-corrected chi connectivity index (χ3v) is 5.50. The smallest absolute Gasteiger partial charge is 0.303 e. The number of hydrogen-bond acceptors (Lipinski definition) is 4. The Morgan fingerprint density at radius 1 is 1.50 bits per heavy atom. The summed E-state index contributed by atoms with van der Waals surface area (Å²) >= 11 is 1.20. The number of aryl methyl sites for hydroxylation is 1. The fraction of sp³-hybridized carbons (Fsp3) is 0.545. The summed E-state index contributed by atoms with van der Waals surface area (Å²) in [6.45, 7) is 3.84. The topological polar surface area (TPSA) is 83.5 Å². The Morgan fingerprint density at radius 3 is 2.61 bits per heavy atom. The Balaban J connectivity index is 2.64. The molecule has 18 heavy (non-hydrogen) atoms. The molecule has 5 nitrogen and oxygen atoms in total. The maximum absolute atomic E-state index is 11.9. The third-order valence-electron chi connectivity index (χ3n) is 2.58. The van der Waals surface area contributed by atoms with Gasteiger partial charge in [-0.15, -0.1) is 11.3 Å². The van der Waals surface area contributed by atoms with Gasteiger partial charge in [0.25, 0.3) is 0 Å². The minimum atomic E-state index is -3.50. The first-order chi connectivity index (χ1) is 8.35. The van der Waals surface area contributed by atoms with E-state index in [1.165, 1.54) is 11.3 Å². The van der Waals surface area contributed by atoms with Gasteiger partial charge in [0, 0.05) is 17.8 Å². The average molecular weight is 291 g/mol. The van der Waals surface area contributed by atoms with Crippen molar-refractivity contribution in [2.45, 2.75) is 30.9 Å². The van der Waals surface area contributed by atoms with Gasteiger partial charge in [-0.25, -0.2) is 13.1 Å². The molecule has 0 aliphatic rings. The molecule has 7 heteroatoms. The van der Waals surface area contributed by atoms with Crippen LogP contribution in [-0.4, -0.2) is 26.0 Å². The lowest BCUT2D eigenvalue weighted by Gasteiger charge is -2.12. The van der Waals surface area contributed by atoms with Crippen LogP contribution in [0.1, 0.15) is 24.6 Å². The molecule has 0 aliphatic carbocycles. The van der Waals surface area contributed by atoms with Crippen molar-refractivity contribution in [2.24, 2.45) is 5.92 Å². The van der Waals surface area contributed by atoms with Crippen molar-refractivity contribution < 1.29 is 18.3 Å². The van der Waals surface area contributed by atoms with Crippen LogP contribution in [0.15, 0.2) is 16.3 Å². The first-order valence-electron chi connectivity index (χ1n) is 5.63. The number of carboxylic acid groups (broad SMARTS) is 1. The lowest BCUT2D eigenvalue weighted by molar-refractivity contribution is -0.138. The SMILES string of the molecule is CCC(CNS(=O)(=O)c1ccc(C)s1)CC(=O)O. The van der Waals surface area contributed by atoms with E-state index in [0.717, 1.165) is 4.88 Å². The molecule has 1 heterocycles. The van der Waals surface area contributed by atoms with E-state index in [1.807, 2.05) is 13.8 Å². The summed E-state index contributed by atoms with van der Waals surface area (Å²) in [4.78, 5) is 11.5. The van der Waals surface area contributed by atoms with Crippen LogP contribution in [0.3, 0.4) is 0 Å². The fourth-order valence-electron chi connectivity index (χ4n) is 1.46. The van der Waals surface area contributed by atoms with Gasteiger partial charge in [0.1, 0.15) is 4.21 Å². The highest BCUT2D eigenvalue weighted by Crippen LogP contribution is 2.20. The lowest BCUT2D eigenvalue weighted by atomic mass is 10.0. The van der Waals surface area contributed by atoms with E-state index < -0.39 is 16.0 Å². The van der Waals surface area contributed by atoms with E-state index in [2.05, 4.69) is 4.72 Å². The summed E-state index contributed by atoms with van der Waals surface area (Å²) in [5.41, 5.74) is 0. The molecule has 102 valence electrons. The van der Waals surface area contributed by atoms with Gasteiger partial charge in [-0.2, -0.15) is 0 Å². The van der Waals surface area contributed by atoms with E-state index >= 15 is 0 Å². The first-order valence-corrected chi connectivity index (χ1v) is 7.93. The van der Waals surface area contributed by atoms with Gasteiger partial charge in [-0.05, 0) is 25.0 Å². The van der Waals surface area contributed by atoms with Crippen LogP contribution in [0.4, 0.5) is 0 Å². The van der Waals surface area contributed by atoms with Gasteiger partial charge in [0.05, 0.1) is 0 Å². The summed E-state index contributed by atoms with van der Waals surface area (Å²) in [7, 11) is -3.50. The second-order valence-corrected chi connectivity index (χ2v) is 7.37. The molecule has 1 aromatic rings. The predicted octanol–water partition coefficient (Wildman–Crippen LogP) is 1.84. The average Bonchev–Trinajstić information content (AvgIpc) is 2.71. The maximum Gasteiger partial charge on any atom is 0.303 e. The summed E-state index contributed by atoms with van der Waals surface area (Å²) in [6.07, 6.45) is 0.598. The van der Waals surface area contributed by atoms with Crippen LogP contribution in [0.5, 0.6) is 0 Å². The minimum absolute atomic E-state index is 0.0253. The Morgan fingerprint density at radius 2 is 2.17 bits per heavy atom. The van der Waals surface area contributed by atoms with E-state index in [9.17, 15) is 13.2 Å². The van der Waals surface area contributed by atoms with Crippen LogP contribution < -0.4 is 4.72 Å². The fourth-order valence-corrected chi connectivity index (χ4v) is 3.91. The Bertz CT molecular complexity index is 507. The second-order valence-electron chi connectivity index (χ2n) is 4.09. The molecule has 0 aromatic carbocycles. The van der Waals surface area contributed by atoms with E-state index in [1.54, 1.807) is 12.1 Å². The Kier molecular flexibility index (Phi) is 5.30. The monoisotopic (exact) mass is 291 g/mol. The van der Waals surface area contributed by atoms with Crippen LogP contribution in [0, 0.1) is 12.8 Å². The second kappa shape index (κ2) is 6.31. The summed E-state index contributed by atoms with van der Waals surface area (Å²) in [6, 6.07) is 3.30. The molecule has 2 N–H and O–H groups in total. The van der Waals surface area contributed by atoms with Gasteiger partial charge in [0.2, 0.25) is 10.0 Å². The van der Waals surface area contributed by atoms with Gasteiger partial charge >= 0.3 is 5.97 Å². The van der Waals surface area contributed by atoms with Gasteiger partial charge in [-0.1, -0.05) is 13.3 Å². The zero-order valence-corrected chi connectivity index (χ0v) is 12.0. The van der Waals surface area contributed by atoms with Crippen molar-refractivity contribution >= 4 is 27.3 Å². The minimum Gasteiger partial charge on any atom is -0.481 e. The van der Waals surface area contributed by atoms with Gasteiger partial charge in [0.15, 0.2) is 0 Å². The highest BCUT2D eigenvalue weighted by Gasteiger charge is 2.19. The van der Waals surface area contributed by atoms with E-state index in [-0.39, 0.29) is 23.1 Å². The van der Waals surface area contributed by atoms with Crippen LogP contribution in [0.2, 0.25) is 0 Å². The van der Waals surface area contributed by atoms with Crippen molar-refractivity contribution in [1.29, 1.82) is 0 Å². The van der Waals surface area contributed by atoms with Crippen molar-refractivity contribution in [3.05, 3.63) is 17.0 Å². The van der Waals surface area contributed by atoms with Crippen molar-refractivity contribution in [3.63, 3.8) is 0 Å². The molecule has 0 radical (unpaired) electrons. The van der Waals surface area contributed by atoms with Crippen molar-refractivity contribution in [3.8, 4) is 0 Å². The van der Waals surface area contributed by atoms with E-state index in [0.29, 0.717) is 6.42 Å². The molecule has 0 saturated heterocycles. The number of carbonyl (C=O) groups is 1. The molecule has 0 amide bonds. The van der Waals surface area contributed by atoms with Crippen LogP contribution in [-0.2, 0) is 14.8 Å². The van der Waals surface area contributed by atoms with Crippen molar-refractivity contribution in [1.82, 2.24) is 4.72 Å². The van der Waals surface area contributed by atoms with Crippen LogP contribution in [0.25, 0.3) is 0 Å². The molecule has 0 fully saturated rings. The van der Waals surface area contributed by atoms with Gasteiger partial charge in [-0.3, -0.25) is 4.79 Å². The molecule has 0 saturated carbocycles. The standard InChI is InChI=1S/C11H17NO4S2/c1-3-9(6-10(13)14)7-12-18(15,16)11-5-4-8(2)17-11/h4-5,9,12H,3,6-7H2,1-2H3,(H,13,14). The van der Waals surface area contributed by atoms with E-state index in [4.69, 9.17) is 5.11 Å². The predicted molar refractivity (Wildman–Crippen MR) is 70.3 cm³/mol. The molecule has 0 aliphatic heterocycles. The highest BCUT2D eigenvalue weighted by atomic mass is 32.2. The molecular formula is C11H17NO4S2.